The van der Waals surface area contributed by atoms with E-state index in [2.05, 4.69) is 5.32 Å². The molecule has 0 unspecified atom stereocenters. The van der Waals surface area contributed by atoms with Gasteiger partial charge >= 0.3 is 5.97 Å². The molecule has 0 saturated heterocycles. The van der Waals surface area contributed by atoms with Gasteiger partial charge in [-0.15, -0.1) is 0 Å². The molecule has 0 amide bonds. The topological polar surface area (TPSA) is 66.0 Å². The number of methoxy groups -OCH3 is 3. The Kier molecular flexibility index (Phi) is 7.18. The summed E-state index contributed by atoms with van der Waals surface area (Å²) in [4.78, 5) is 12.2. The Morgan fingerprint density at radius 2 is 1.67 bits per heavy atom. The smallest absolute Gasteiger partial charge is 0.338 e. The highest BCUT2D eigenvalue weighted by Gasteiger charge is 2.18. The first-order chi connectivity index (χ1) is 11.7. The van der Waals surface area contributed by atoms with Crippen LogP contribution in [0.4, 0.5) is 0 Å². The highest BCUT2D eigenvalue weighted by atomic mass is 16.5. The quantitative estimate of drug-likeness (QED) is 0.581. The predicted octanol–water partition coefficient (Wildman–Crippen LogP) is 2.79. The lowest BCUT2D eigenvalue weighted by molar-refractivity contribution is 0.0503. The van der Waals surface area contributed by atoms with E-state index in [0.29, 0.717) is 42.0 Å². The molecule has 0 spiro atoms. The van der Waals surface area contributed by atoms with Crippen LogP contribution in [0.5, 0.6) is 17.2 Å². The molecule has 1 saturated carbocycles. The lowest BCUT2D eigenvalue weighted by atomic mass is 9.96. The third-order valence-electron chi connectivity index (χ3n) is 4.27. The highest BCUT2D eigenvalue weighted by Crippen LogP contribution is 2.38. The monoisotopic (exact) mass is 337 g/mol. The van der Waals surface area contributed by atoms with Crippen LogP contribution in [-0.4, -0.2) is 46.5 Å². The van der Waals surface area contributed by atoms with Gasteiger partial charge in [0.1, 0.15) is 6.61 Å². The van der Waals surface area contributed by atoms with Crippen LogP contribution in [0.2, 0.25) is 0 Å². The molecule has 0 bridgehead atoms. The van der Waals surface area contributed by atoms with Crippen LogP contribution in [0.1, 0.15) is 42.5 Å². The second kappa shape index (κ2) is 9.37. The second-order valence-corrected chi connectivity index (χ2v) is 5.84. The molecule has 6 heteroatoms. The number of nitrogens with one attached hydrogen (secondary N) is 1. The summed E-state index contributed by atoms with van der Waals surface area (Å²) < 4.78 is 21.1. The zero-order valence-corrected chi connectivity index (χ0v) is 14.7. The number of hydrogen-bond donors (Lipinski definition) is 1. The molecule has 134 valence electrons. The average molecular weight is 337 g/mol. The van der Waals surface area contributed by atoms with Crippen LogP contribution >= 0.6 is 0 Å². The van der Waals surface area contributed by atoms with Gasteiger partial charge in [0.2, 0.25) is 5.75 Å². The summed E-state index contributed by atoms with van der Waals surface area (Å²) >= 11 is 0. The van der Waals surface area contributed by atoms with E-state index >= 15 is 0 Å². The highest BCUT2D eigenvalue weighted by molar-refractivity contribution is 5.91. The van der Waals surface area contributed by atoms with Gasteiger partial charge in [-0.3, -0.25) is 0 Å². The molecular weight excluding hydrogens is 310 g/mol. The van der Waals surface area contributed by atoms with Crippen LogP contribution in [0, 0.1) is 0 Å². The van der Waals surface area contributed by atoms with E-state index < -0.39 is 5.97 Å². The molecule has 1 N–H and O–H groups in total. The summed E-state index contributed by atoms with van der Waals surface area (Å²) in [6, 6.07) is 3.75. The van der Waals surface area contributed by atoms with Crippen molar-refractivity contribution in [1.82, 2.24) is 5.32 Å². The summed E-state index contributed by atoms with van der Waals surface area (Å²) in [5.41, 5.74) is 0.377. The second-order valence-electron chi connectivity index (χ2n) is 5.84. The third-order valence-corrected chi connectivity index (χ3v) is 4.27. The zero-order valence-electron chi connectivity index (χ0n) is 14.7. The van der Waals surface area contributed by atoms with Crippen LogP contribution in [-0.2, 0) is 4.74 Å². The van der Waals surface area contributed by atoms with Crippen LogP contribution in [0.15, 0.2) is 12.1 Å². The Morgan fingerprint density at radius 3 is 2.21 bits per heavy atom. The molecule has 1 aliphatic carbocycles. The maximum absolute atomic E-state index is 12.2. The summed E-state index contributed by atoms with van der Waals surface area (Å²) in [6.45, 7) is 1.01. The van der Waals surface area contributed by atoms with Crippen molar-refractivity contribution in [3.63, 3.8) is 0 Å². The molecule has 2 rings (SSSR count). The maximum Gasteiger partial charge on any atom is 0.338 e. The number of hydrogen-bond acceptors (Lipinski definition) is 6. The van der Waals surface area contributed by atoms with Gasteiger partial charge in [-0.2, -0.15) is 0 Å². The Bertz CT molecular complexity index is 515. The van der Waals surface area contributed by atoms with E-state index in [4.69, 9.17) is 18.9 Å². The maximum atomic E-state index is 12.2. The summed E-state index contributed by atoms with van der Waals surface area (Å²) in [5.74, 6) is 0.920. The summed E-state index contributed by atoms with van der Waals surface area (Å²) in [6.07, 6.45) is 6.31. The van der Waals surface area contributed by atoms with Gasteiger partial charge in [0, 0.05) is 12.6 Å². The van der Waals surface area contributed by atoms with Crippen LogP contribution in [0.3, 0.4) is 0 Å². The molecule has 1 fully saturated rings. The van der Waals surface area contributed by atoms with Crippen LogP contribution < -0.4 is 19.5 Å². The van der Waals surface area contributed by atoms with E-state index in [0.717, 1.165) is 0 Å². The first-order valence-electron chi connectivity index (χ1n) is 8.40. The van der Waals surface area contributed by atoms with Crippen molar-refractivity contribution in [3.8, 4) is 17.2 Å². The van der Waals surface area contributed by atoms with E-state index in [9.17, 15) is 4.79 Å². The molecule has 1 aromatic rings. The van der Waals surface area contributed by atoms with Crippen LogP contribution in [0.25, 0.3) is 0 Å². The summed E-state index contributed by atoms with van der Waals surface area (Å²) in [7, 11) is 4.55. The fraction of sp³-hybridized carbons (Fsp3) is 0.611. The summed E-state index contributed by atoms with van der Waals surface area (Å²) in [5, 5.41) is 3.45. The Balaban J connectivity index is 1.89. The van der Waals surface area contributed by atoms with Crippen molar-refractivity contribution in [2.75, 3.05) is 34.5 Å². The van der Waals surface area contributed by atoms with Gasteiger partial charge in [0.15, 0.2) is 11.5 Å². The van der Waals surface area contributed by atoms with Gasteiger partial charge in [-0.1, -0.05) is 19.3 Å². The molecule has 0 aliphatic heterocycles. The molecule has 0 atom stereocenters. The fourth-order valence-corrected chi connectivity index (χ4v) is 3.00. The minimum absolute atomic E-state index is 0.339. The number of carbonyl (C=O) groups is 1. The minimum Gasteiger partial charge on any atom is -0.493 e. The third kappa shape index (κ3) is 4.77. The normalized spacial score (nSPS) is 15.0. The molecule has 6 nitrogen and oxygen atoms in total. The Morgan fingerprint density at radius 1 is 1.04 bits per heavy atom. The first kappa shape index (κ1) is 18.4. The minimum atomic E-state index is -0.403. The van der Waals surface area contributed by atoms with E-state index in [-0.39, 0.29) is 0 Å². The molecular formula is C18H27NO5. The zero-order chi connectivity index (χ0) is 17.4. The first-order valence-corrected chi connectivity index (χ1v) is 8.40. The van der Waals surface area contributed by atoms with Crippen molar-refractivity contribution in [2.45, 2.75) is 38.1 Å². The lowest BCUT2D eigenvalue weighted by Gasteiger charge is -2.22. The van der Waals surface area contributed by atoms with Gasteiger partial charge in [0.25, 0.3) is 0 Å². The molecule has 24 heavy (non-hydrogen) atoms. The van der Waals surface area contributed by atoms with Crippen molar-refractivity contribution >= 4 is 5.97 Å². The van der Waals surface area contributed by atoms with E-state index in [1.165, 1.54) is 53.4 Å². The Labute approximate surface area is 143 Å². The largest absolute Gasteiger partial charge is 0.493 e. The number of benzene rings is 1. The average Bonchev–Trinajstić information content (AvgIpc) is 2.64. The van der Waals surface area contributed by atoms with Gasteiger partial charge in [0.05, 0.1) is 26.9 Å². The fourth-order valence-electron chi connectivity index (χ4n) is 3.00. The van der Waals surface area contributed by atoms with Crippen molar-refractivity contribution in [1.29, 1.82) is 0 Å². The van der Waals surface area contributed by atoms with E-state index in [1.807, 2.05) is 0 Å². The molecule has 0 heterocycles. The molecule has 0 radical (unpaired) electrons. The number of ether oxygens (including phenoxy) is 4. The Hall–Kier alpha value is -1.95. The van der Waals surface area contributed by atoms with Gasteiger partial charge < -0.3 is 24.3 Å². The number of carbonyl (C=O) groups excluding carboxylic acids is 1. The van der Waals surface area contributed by atoms with Gasteiger partial charge in [-0.25, -0.2) is 4.79 Å². The van der Waals surface area contributed by atoms with Crippen molar-refractivity contribution < 1.29 is 23.7 Å². The predicted molar refractivity (Wildman–Crippen MR) is 91.3 cm³/mol. The van der Waals surface area contributed by atoms with Crippen molar-refractivity contribution in [3.05, 3.63) is 17.7 Å². The van der Waals surface area contributed by atoms with E-state index in [1.54, 1.807) is 12.1 Å². The lowest BCUT2D eigenvalue weighted by Crippen LogP contribution is -2.33. The molecule has 0 aromatic heterocycles. The molecule has 1 aliphatic rings. The SMILES string of the molecule is COc1cc(C(=O)OCCNC2CCCCC2)cc(OC)c1OC. The van der Waals surface area contributed by atoms with Crippen molar-refractivity contribution in [2.24, 2.45) is 0 Å². The number of esters is 1. The molecule has 1 aromatic carbocycles. The van der Waals surface area contributed by atoms with Gasteiger partial charge in [-0.05, 0) is 25.0 Å². The number of rotatable bonds is 8. The standard InChI is InChI=1S/C18H27NO5/c1-21-15-11-13(12-16(22-2)17(15)23-3)18(20)24-10-9-19-14-7-5-4-6-8-14/h11-12,14,19H,4-10H2,1-3H3.